The van der Waals surface area contributed by atoms with Crippen LogP contribution in [0, 0.1) is 5.92 Å². The Morgan fingerprint density at radius 1 is 0.385 bits per heavy atom. The molecule has 50 nitrogen and oxygen atoms in total. The number of carbonyl (C=O) groups is 18. The number of likely N-dealkylation sites (tertiary alicyclic amines) is 1. The van der Waals surface area contributed by atoms with Gasteiger partial charge in [0.25, 0.3) is 0 Å². The van der Waals surface area contributed by atoms with Gasteiger partial charge >= 0.3 is 171 Å². The fourth-order valence-electron chi connectivity index (χ4n) is 15.2. The minimum atomic E-state index is -4.38. The molecule has 9 amide bonds. The number of carbonyl (C=O) groups excluding carboxylic acids is 18. The third-order valence-electron chi connectivity index (χ3n) is 21.6. The van der Waals surface area contributed by atoms with Crippen molar-refractivity contribution in [1.29, 1.82) is 0 Å². The summed E-state index contributed by atoms with van der Waals surface area (Å²) in [4.78, 5) is 239. The Morgan fingerprint density at radius 3 is 0.986 bits per heavy atom. The van der Waals surface area contributed by atoms with Crippen LogP contribution >= 0.6 is 7.82 Å². The summed E-state index contributed by atoms with van der Waals surface area (Å²) in [6.45, 7) is 12.1. The smallest absolute Gasteiger partial charge is 0.303 e. The van der Waals surface area contributed by atoms with Gasteiger partial charge in [-0.05, 0) is 44.9 Å². The van der Waals surface area contributed by atoms with Crippen molar-refractivity contribution < 1.29 is 195 Å². The molecule has 0 bridgehead atoms. The number of esters is 9. The first-order valence-electron chi connectivity index (χ1n) is 47.9. The number of hydrogen-bond donors (Lipinski definition) is 10. The summed E-state index contributed by atoms with van der Waals surface area (Å²) >= 11 is 0. The van der Waals surface area contributed by atoms with Gasteiger partial charge < -0.3 is 127 Å². The molecule has 0 spiro atoms. The van der Waals surface area contributed by atoms with Gasteiger partial charge in [0.1, 0.15) is 61.8 Å². The number of hydrogen-bond acceptors (Lipinski definition) is 40. The Labute approximate surface area is 831 Å². The number of phosphoric acid groups is 1. The Morgan fingerprint density at radius 2 is 0.685 bits per heavy atom. The normalized spacial score (nSPS) is 22.0. The van der Waals surface area contributed by atoms with Crippen LogP contribution in [0.25, 0.3) is 0 Å². The van der Waals surface area contributed by atoms with Crippen molar-refractivity contribution in [1.82, 2.24) is 47.4 Å². The van der Waals surface area contributed by atoms with E-state index in [0.717, 1.165) is 69.4 Å². The van der Waals surface area contributed by atoms with Crippen LogP contribution in [0.5, 0.6) is 0 Å². The zero-order valence-electron chi connectivity index (χ0n) is 83.6. The predicted molar refractivity (Wildman–Crippen MR) is 495 cm³/mol. The molecule has 143 heavy (non-hydrogen) atoms. The fourth-order valence-corrected chi connectivity index (χ4v) is 15.8. The van der Waals surface area contributed by atoms with Crippen LogP contribution in [-0.4, -0.2) is 357 Å². The minimum Gasteiger partial charge on any atom is -0.463 e. The molecule has 0 aromatic rings. The number of nitrogens with one attached hydrogen (secondary N) is 8. The van der Waals surface area contributed by atoms with Crippen molar-refractivity contribution in [2.45, 2.75) is 322 Å². The van der Waals surface area contributed by atoms with Crippen molar-refractivity contribution in [3.05, 3.63) is 12.0 Å². The third kappa shape index (κ3) is 53.1. The van der Waals surface area contributed by atoms with Crippen LogP contribution in [0.1, 0.15) is 224 Å². The number of ether oxygens (including phenoxy) is 18. The molecule has 52 heteroatoms. The van der Waals surface area contributed by atoms with Crippen molar-refractivity contribution in [3.63, 3.8) is 0 Å². The number of rotatable bonds is 70. The van der Waals surface area contributed by atoms with E-state index in [4.69, 9.17) is 94.9 Å². The summed E-state index contributed by atoms with van der Waals surface area (Å²) in [6, 6.07) is -3.48. The summed E-state index contributed by atoms with van der Waals surface area (Å²) < 4.78 is 125. The van der Waals surface area contributed by atoms with E-state index >= 15 is 0 Å². The predicted octanol–water partition coefficient (Wildman–Crippen LogP) is 0.795. The molecule has 16 atom stereocenters. The molecule has 808 valence electrons. The second-order valence-electron chi connectivity index (χ2n) is 34.3. The Bertz CT molecular complexity index is 3920. The maximum Gasteiger partial charge on any atom is 0.303 e. The molecule has 0 aromatic heterocycles. The van der Waals surface area contributed by atoms with Crippen LogP contribution in [-0.2, 0) is 185 Å². The van der Waals surface area contributed by atoms with Crippen LogP contribution in [0.15, 0.2) is 12.0 Å². The number of aliphatic hydroxyl groups is 1. The second kappa shape index (κ2) is 69.4. The van der Waals surface area contributed by atoms with Crippen LogP contribution in [0.4, 0.5) is 0 Å². The number of nitrogens with zero attached hydrogens (tertiary/aromatic N) is 1. The topological polar surface area (TPSA) is 649 Å². The maximum atomic E-state index is 14.6. The van der Waals surface area contributed by atoms with Crippen LogP contribution in [0.3, 0.4) is 0 Å². The van der Waals surface area contributed by atoms with Crippen LogP contribution < -0.4 is 42.5 Å². The molecule has 4 aliphatic heterocycles. The summed E-state index contributed by atoms with van der Waals surface area (Å²) in [7, 11) is -3.66. The summed E-state index contributed by atoms with van der Waals surface area (Å²) in [5.74, 6) is -11.4. The molecule has 4 saturated heterocycles. The van der Waals surface area contributed by atoms with Crippen molar-refractivity contribution in [2.75, 3.05) is 125 Å². The van der Waals surface area contributed by atoms with Crippen LogP contribution in [0.2, 0.25) is 0 Å². The molecule has 0 radical (unpaired) electrons. The zero-order chi connectivity index (χ0) is 106. The van der Waals surface area contributed by atoms with Crippen molar-refractivity contribution in [2.24, 2.45) is 5.92 Å². The number of amides is 9. The third-order valence-corrected chi connectivity index (χ3v) is 22.5. The molecular formula is C91H145BN9O41P. The fraction of sp³-hybridized carbons (Fsp3) is 0.769. The molecule has 16 unspecified atom stereocenters. The Balaban J connectivity index is 1.46. The minimum absolute atomic E-state index is 0.0149. The zero-order valence-corrected chi connectivity index (χ0v) is 84.5. The Hall–Kier alpha value is -10.7. The van der Waals surface area contributed by atoms with Gasteiger partial charge in [0.05, 0.1) is 45.6 Å². The first-order chi connectivity index (χ1) is 68.0. The van der Waals surface area contributed by atoms with E-state index in [1.54, 1.807) is 0 Å². The molecule has 0 saturated carbocycles. The first-order valence-corrected chi connectivity index (χ1v) is 49.4. The van der Waals surface area contributed by atoms with E-state index in [1.807, 2.05) is 0 Å². The average molecular weight is 2060 g/mol. The first kappa shape index (κ1) is 125. The Kier molecular flexibility index (Phi) is 60.5. The quantitative estimate of drug-likeness (QED) is 0.00765. The van der Waals surface area contributed by atoms with Gasteiger partial charge in [-0.3, -0.25) is 81.5 Å². The molecular weight excluding hydrogens is 1920 g/mol. The molecule has 0 aromatic carbocycles. The number of unbranched alkanes of at least 4 members (excludes halogenated alkanes) is 12. The van der Waals surface area contributed by atoms with Gasteiger partial charge in [-0.2, -0.15) is 0 Å². The van der Waals surface area contributed by atoms with Gasteiger partial charge in [0.2, 0.25) is 47.3 Å². The SMILES string of the molecule is CC(=O)NC1C(OCCCCCCNC(=O)CCOCC(COCCC(=O)NCCCCCCOC2OC(COC(C)=O)C(OC(C)=O)C(OC(C)=O)C2NC(C)=O)(COCCC(=O)NCCCCCCOC2OC(COC(C)=O)C(OC(C)=O)C(OC(C)=O)C2NC(C)=O)NC(=O)C2CN(C(=O)CCCC(=O)NCCCCCCOP(=O)(O)OB=C=C=CO)C2)OC(COC(C)=O)C(OC(C)=O)C1OC(C)=O. The van der Waals surface area contributed by atoms with E-state index in [-0.39, 0.29) is 149 Å². The summed E-state index contributed by atoms with van der Waals surface area (Å²) in [6.07, 6.45) is -6.26. The molecule has 4 heterocycles. The van der Waals surface area contributed by atoms with Gasteiger partial charge in [0.15, 0.2) is 55.5 Å². The largest absolute Gasteiger partial charge is 0.463 e. The monoisotopic (exact) mass is 2060 g/mol. The van der Waals surface area contributed by atoms with Gasteiger partial charge in [-0.25, -0.2) is 0 Å². The van der Waals surface area contributed by atoms with Gasteiger partial charge in [-0.1, -0.05) is 38.5 Å². The second-order valence-corrected chi connectivity index (χ2v) is 35.7. The van der Waals surface area contributed by atoms with Crippen molar-refractivity contribution in [3.8, 4) is 0 Å². The van der Waals surface area contributed by atoms with E-state index in [0.29, 0.717) is 116 Å². The van der Waals surface area contributed by atoms with Crippen molar-refractivity contribution >= 4 is 127 Å². The summed E-state index contributed by atoms with van der Waals surface area (Å²) in [5.41, 5.74) is 2.69. The van der Waals surface area contributed by atoms with E-state index in [9.17, 15) is 95.8 Å². The van der Waals surface area contributed by atoms with E-state index in [2.05, 4.69) is 58.3 Å². The molecule has 4 fully saturated rings. The standard InChI is InChI=1S/C91H145BN9O41P/c1-57(103)97-78-84(136-66(10)112)81(133-63(7)109)70(51-129-60(4)106)139-88(78)126-42-25-17-13-21-38-94-74(116)33-46-123-54-91(100-87(120)69-49-101(50-69)77(119)32-29-31-73(115)93-37-24-16-20-28-45-132-143(121,122)142-92-36-30-41-102,55-124-47-34-75(117)95-39-22-14-18-26-43-127-89-79(98-58(2)104)85(137-67(11)113)82(134-64(8)110)71(140-89)52-130-61(5)107)56-125-48-35-76(118)96-40-23-15-19-27-44-128-90-80(99-59(3)105)86(138-68(12)114)83(135-65(9)111)72(141-90)53-131-62(6)108/h41,69-72,78-86,88-90,102H,13-29,31-35,37-40,42-56H2,1-12H3,(H,93,115)(H,94,116)(H,95,117)(H,96,118)(H,97,103)(H,98,104)(H,99,105)(H,100,120)(H,121,122). The summed E-state index contributed by atoms with van der Waals surface area (Å²) in [5, 5.41) is 31.0. The molecule has 4 aliphatic rings. The van der Waals surface area contributed by atoms with E-state index < -0.39 is 226 Å². The van der Waals surface area contributed by atoms with Gasteiger partial charge in [0, 0.05) is 161 Å². The van der Waals surface area contributed by atoms with E-state index in [1.165, 1.54) is 25.7 Å². The molecule has 4 rings (SSSR count). The maximum absolute atomic E-state index is 14.6. The average Bonchev–Trinajstić information content (AvgIpc) is 0.792. The molecule has 0 aliphatic carbocycles. The van der Waals surface area contributed by atoms with Gasteiger partial charge in [-0.15, -0.1) is 0 Å². The number of aliphatic hydroxyl groups excluding tert-OH is 1. The number of phosphoric ester groups is 1. The molecule has 10 N–H and O–H groups in total.